The maximum Gasteiger partial charge on any atom is 0.407 e. The van der Waals surface area contributed by atoms with Crippen LogP contribution in [0.2, 0.25) is 0 Å². The number of esters is 1. The van der Waals surface area contributed by atoms with Gasteiger partial charge in [-0.1, -0.05) is 13.8 Å². The van der Waals surface area contributed by atoms with Gasteiger partial charge in [0.25, 0.3) is 0 Å². The molecule has 1 aliphatic rings. The molecule has 0 bridgehead atoms. The van der Waals surface area contributed by atoms with E-state index in [9.17, 15) is 9.59 Å². The van der Waals surface area contributed by atoms with Crippen molar-refractivity contribution in [2.24, 2.45) is 11.3 Å². The van der Waals surface area contributed by atoms with Gasteiger partial charge in [-0.15, -0.1) is 0 Å². The number of carbonyl (C=O) groups excluding carboxylic acids is 2. The van der Waals surface area contributed by atoms with Crippen molar-refractivity contribution in [3.63, 3.8) is 0 Å². The minimum atomic E-state index is -0.543. The lowest BCUT2D eigenvalue weighted by molar-refractivity contribution is -0.142. The van der Waals surface area contributed by atoms with Crippen LogP contribution >= 0.6 is 0 Å². The van der Waals surface area contributed by atoms with Gasteiger partial charge >= 0.3 is 12.1 Å². The van der Waals surface area contributed by atoms with Crippen molar-refractivity contribution in [3.05, 3.63) is 0 Å². The van der Waals surface area contributed by atoms with Crippen molar-refractivity contribution < 1.29 is 19.1 Å². The van der Waals surface area contributed by atoms with Gasteiger partial charge < -0.3 is 14.8 Å². The summed E-state index contributed by atoms with van der Waals surface area (Å²) in [6.45, 7) is 9.81. The van der Waals surface area contributed by atoms with Crippen molar-refractivity contribution in [2.75, 3.05) is 7.11 Å². The van der Waals surface area contributed by atoms with Gasteiger partial charge in [0.1, 0.15) is 5.60 Å². The molecule has 1 aliphatic carbocycles. The molecular weight excluding hydrogens is 258 g/mol. The lowest BCUT2D eigenvalue weighted by Gasteiger charge is -2.46. The van der Waals surface area contributed by atoms with Gasteiger partial charge in [-0.2, -0.15) is 0 Å². The number of carbonyl (C=O) groups is 2. The molecule has 0 aromatic heterocycles. The Kier molecular flexibility index (Phi) is 5.05. The molecule has 1 N–H and O–H groups in total. The molecule has 5 heteroatoms. The molecule has 0 heterocycles. The SMILES string of the molecule is COC(=O)CC(NC(=O)OC(C)(C)C)C1CC(C)(C)C1. The maximum atomic E-state index is 11.9. The van der Waals surface area contributed by atoms with Gasteiger partial charge in [0.15, 0.2) is 0 Å². The van der Waals surface area contributed by atoms with Gasteiger partial charge in [0.2, 0.25) is 0 Å². The number of hydrogen-bond donors (Lipinski definition) is 1. The van der Waals surface area contributed by atoms with Gasteiger partial charge in [-0.3, -0.25) is 4.79 Å². The lowest BCUT2D eigenvalue weighted by Crippen LogP contribution is -2.50. The highest BCUT2D eigenvalue weighted by molar-refractivity contribution is 5.73. The quantitative estimate of drug-likeness (QED) is 0.807. The van der Waals surface area contributed by atoms with Crippen molar-refractivity contribution in [3.8, 4) is 0 Å². The van der Waals surface area contributed by atoms with Crippen LogP contribution in [-0.2, 0) is 14.3 Å². The normalized spacial score (nSPS) is 19.7. The smallest absolute Gasteiger partial charge is 0.407 e. The summed E-state index contributed by atoms with van der Waals surface area (Å²) in [5.41, 5.74) is -0.257. The van der Waals surface area contributed by atoms with E-state index in [2.05, 4.69) is 19.2 Å². The number of rotatable bonds is 4. The van der Waals surface area contributed by atoms with Crippen LogP contribution in [-0.4, -0.2) is 30.8 Å². The molecule has 0 spiro atoms. The average Bonchev–Trinajstić information content (AvgIpc) is 2.21. The zero-order valence-electron chi connectivity index (χ0n) is 13.4. The maximum absolute atomic E-state index is 11.9. The molecule has 1 fully saturated rings. The van der Waals surface area contributed by atoms with Gasteiger partial charge in [-0.05, 0) is 44.9 Å². The number of hydrogen-bond acceptors (Lipinski definition) is 4. The van der Waals surface area contributed by atoms with Gasteiger partial charge in [0, 0.05) is 6.04 Å². The predicted molar refractivity (Wildman–Crippen MR) is 76.3 cm³/mol. The molecule has 1 rings (SSSR count). The largest absolute Gasteiger partial charge is 0.469 e. The summed E-state index contributed by atoms with van der Waals surface area (Å²) in [7, 11) is 1.36. The molecule has 0 aliphatic heterocycles. The summed E-state index contributed by atoms with van der Waals surface area (Å²) < 4.78 is 9.95. The summed E-state index contributed by atoms with van der Waals surface area (Å²) in [5, 5.41) is 2.82. The van der Waals surface area contributed by atoms with Gasteiger partial charge in [-0.25, -0.2) is 4.79 Å². The van der Waals surface area contributed by atoms with Crippen LogP contribution in [0.25, 0.3) is 0 Å². The number of ether oxygens (including phenoxy) is 2. The van der Waals surface area contributed by atoms with E-state index < -0.39 is 11.7 Å². The first kappa shape index (κ1) is 16.8. The molecule has 20 heavy (non-hydrogen) atoms. The second-order valence-electron chi connectivity index (χ2n) is 7.37. The fraction of sp³-hybridized carbons (Fsp3) is 0.867. The van der Waals surface area contributed by atoms with E-state index >= 15 is 0 Å². The van der Waals surface area contributed by atoms with Crippen LogP contribution in [0, 0.1) is 11.3 Å². The van der Waals surface area contributed by atoms with E-state index in [1.54, 1.807) is 0 Å². The molecule has 0 aromatic carbocycles. The molecule has 0 aromatic rings. The highest BCUT2D eigenvalue weighted by Crippen LogP contribution is 2.46. The fourth-order valence-corrected chi connectivity index (χ4v) is 2.70. The topological polar surface area (TPSA) is 64.6 Å². The lowest BCUT2D eigenvalue weighted by atomic mass is 9.61. The molecule has 1 atom stereocenters. The summed E-state index contributed by atoms with van der Waals surface area (Å²) in [4.78, 5) is 23.3. The third kappa shape index (κ3) is 5.39. The highest BCUT2D eigenvalue weighted by Gasteiger charge is 2.42. The van der Waals surface area contributed by atoms with Crippen molar-refractivity contribution in [1.82, 2.24) is 5.32 Å². The molecule has 1 amide bonds. The van der Waals surface area contributed by atoms with Crippen LogP contribution < -0.4 is 5.32 Å². The minimum absolute atomic E-state index is 0.191. The van der Waals surface area contributed by atoms with Crippen molar-refractivity contribution in [1.29, 1.82) is 0 Å². The standard InChI is InChI=1S/C15H27NO4/c1-14(2,3)20-13(18)16-11(7-12(17)19-6)10-8-15(4,5)9-10/h10-11H,7-9H2,1-6H3,(H,16,18). The van der Waals surface area contributed by atoms with Crippen molar-refractivity contribution in [2.45, 2.75) is 65.5 Å². The number of amides is 1. The molecule has 1 saturated carbocycles. The second-order valence-corrected chi connectivity index (χ2v) is 7.37. The second kappa shape index (κ2) is 6.02. The molecule has 0 radical (unpaired) electrons. The Morgan fingerprint density at radius 2 is 1.85 bits per heavy atom. The van der Waals surface area contributed by atoms with Crippen LogP contribution in [0.15, 0.2) is 0 Å². The van der Waals surface area contributed by atoms with E-state index in [0.717, 1.165) is 12.8 Å². The number of nitrogens with one attached hydrogen (secondary N) is 1. The minimum Gasteiger partial charge on any atom is -0.469 e. The molecule has 0 saturated heterocycles. The Hall–Kier alpha value is -1.26. The Balaban J connectivity index is 2.59. The van der Waals surface area contributed by atoms with Crippen LogP contribution in [0.1, 0.15) is 53.9 Å². The summed E-state index contributed by atoms with van der Waals surface area (Å²) in [6, 6.07) is -0.217. The first-order chi connectivity index (χ1) is 9.02. The number of methoxy groups -OCH3 is 1. The van der Waals surface area contributed by atoms with Crippen LogP contribution in [0.4, 0.5) is 4.79 Å². The van der Waals surface area contributed by atoms with Crippen LogP contribution in [0.5, 0.6) is 0 Å². The molecular formula is C15H27NO4. The van der Waals surface area contributed by atoms with E-state index in [0.29, 0.717) is 5.92 Å². The average molecular weight is 285 g/mol. The Morgan fingerprint density at radius 3 is 2.25 bits per heavy atom. The first-order valence-electron chi connectivity index (χ1n) is 7.09. The Morgan fingerprint density at radius 1 is 1.30 bits per heavy atom. The monoisotopic (exact) mass is 285 g/mol. The first-order valence-corrected chi connectivity index (χ1v) is 7.09. The fourth-order valence-electron chi connectivity index (χ4n) is 2.70. The molecule has 1 unspecified atom stereocenters. The van der Waals surface area contributed by atoms with E-state index in [1.165, 1.54) is 7.11 Å². The predicted octanol–water partition coefficient (Wildman–Crippen LogP) is 2.88. The zero-order valence-corrected chi connectivity index (χ0v) is 13.4. The summed E-state index contributed by atoms with van der Waals surface area (Å²) >= 11 is 0. The summed E-state index contributed by atoms with van der Waals surface area (Å²) in [6.07, 6.45) is 1.70. The summed E-state index contributed by atoms with van der Waals surface area (Å²) in [5.74, 6) is -0.00705. The number of alkyl carbamates (subject to hydrolysis) is 1. The Labute approximate surface area is 121 Å². The van der Waals surface area contributed by atoms with Gasteiger partial charge in [0.05, 0.1) is 13.5 Å². The van der Waals surface area contributed by atoms with E-state index in [4.69, 9.17) is 9.47 Å². The highest BCUT2D eigenvalue weighted by atomic mass is 16.6. The van der Waals surface area contributed by atoms with Crippen LogP contribution in [0.3, 0.4) is 0 Å². The van der Waals surface area contributed by atoms with E-state index in [1.807, 2.05) is 20.8 Å². The Bertz CT molecular complexity index is 363. The molecule has 5 nitrogen and oxygen atoms in total. The van der Waals surface area contributed by atoms with E-state index in [-0.39, 0.29) is 23.8 Å². The third-order valence-electron chi connectivity index (χ3n) is 3.51. The molecule has 116 valence electrons. The van der Waals surface area contributed by atoms with Crippen molar-refractivity contribution >= 4 is 12.1 Å². The zero-order chi connectivity index (χ0) is 15.6. The third-order valence-corrected chi connectivity index (χ3v) is 3.51.